The summed E-state index contributed by atoms with van der Waals surface area (Å²) in [5.41, 5.74) is -0.176. The number of carbonyl (C=O) groups excluding carboxylic acids is 1. The van der Waals surface area contributed by atoms with Gasteiger partial charge in [0.15, 0.2) is 0 Å². The maximum atomic E-state index is 12.2. The van der Waals surface area contributed by atoms with Crippen molar-refractivity contribution in [3.8, 4) is 0 Å². The maximum Gasteiger partial charge on any atom is 0.262 e. The zero-order valence-electron chi connectivity index (χ0n) is 10.6. The van der Waals surface area contributed by atoms with Crippen LogP contribution in [0.25, 0.3) is 0 Å². The Morgan fingerprint density at radius 1 is 1.24 bits per heavy atom. The summed E-state index contributed by atoms with van der Waals surface area (Å²) in [5.74, 6) is -0.136. The molecule has 0 saturated heterocycles. The van der Waals surface area contributed by atoms with Crippen LogP contribution < -0.4 is 5.32 Å². The summed E-state index contributed by atoms with van der Waals surface area (Å²) >= 11 is 17.8. The lowest BCUT2D eigenvalue weighted by Crippen LogP contribution is -2.32. The monoisotopic (exact) mass is 389 g/mol. The van der Waals surface area contributed by atoms with Crippen LogP contribution in [0.2, 0.25) is 15.1 Å². The Morgan fingerprint density at radius 2 is 1.86 bits per heavy atom. The largest absolute Gasteiger partial charge is 0.352 e. The van der Waals surface area contributed by atoms with Crippen LogP contribution in [0.4, 0.5) is 0 Å². The molecule has 0 unspecified atom stereocenters. The molecule has 21 heavy (non-hydrogen) atoms. The van der Waals surface area contributed by atoms with Crippen molar-refractivity contribution in [2.45, 2.75) is 24.2 Å². The van der Waals surface area contributed by atoms with E-state index in [0.29, 0.717) is 12.5 Å². The first-order valence-corrected chi connectivity index (χ1v) is 9.56. The normalized spacial score (nSPS) is 15.6. The molecule has 0 atom stereocenters. The fourth-order valence-electron chi connectivity index (χ4n) is 1.98. The summed E-state index contributed by atoms with van der Waals surface area (Å²) in [5, 5.41) is 2.15. The summed E-state index contributed by atoms with van der Waals surface area (Å²) in [4.78, 5) is 11.7. The highest BCUT2D eigenvalue weighted by molar-refractivity contribution is 8.13. The number of amides is 1. The van der Waals surface area contributed by atoms with Crippen LogP contribution in [-0.2, 0) is 9.05 Å². The van der Waals surface area contributed by atoms with Crippen LogP contribution in [0.5, 0.6) is 0 Å². The van der Waals surface area contributed by atoms with E-state index in [0.717, 1.165) is 25.3 Å². The number of nitrogens with one attached hydrogen (secondary N) is 1. The summed E-state index contributed by atoms with van der Waals surface area (Å²) < 4.78 is 22.9. The first-order valence-electron chi connectivity index (χ1n) is 6.12. The molecule has 0 aliphatic heterocycles. The molecular formula is C12H11Cl4NO3S. The van der Waals surface area contributed by atoms with Crippen LogP contribution >= 0.6 is 45.5 Å². The van der Waals surface area contributed by atoms with Crippen LogP contribution in [0, 0.1) is 5.92 Å². The third-order valence-corrected chi connectivity index (χ3v) is 6.03. The van der Waals surface area contributed by atoms with Crippen molar-refractivity contribution < 1.29 is 13.2 Å². The van der Waals surface area contributed by atoms with Gasteiger partial charge in [-0.05, 0) is 24.8 Å². The average molecular weight is 391 g/mol. The molecule has 1 aliphatic rings. The van der Waals surface area contributed by atoms with Gasteiger partial charge in [0.25, 0.3) is 15.0 Å². The standard InChI is InChI=1S/C12H11Cl4NO3S/c13-7-4-8(21(16,19)20)11(15)9(10(7)14)12(18)17-5-6-2-1-3-6/h4,6H,1-3,5H2,(H,17,18). The predicted octanol–water partition coefficient (Wildman–Crippen LogP) is 4.10. The zero-order chi connectivity index (χ0) is 15.8. The van der Waals surface area contributed by atoms with Gasteiger partial charge in [-0.25, -0.2) is 8.42 Å². The molecule has 1 aromatic carbocycles. The van der Waals surface area contributed by atoms with E-state index in [4.69, 9.17) is 45.5 Å². The Morgan fingerprint density at radius 3 is 2.33 bits per heavy atom. The number of carbonyl (C=O) groups is 1. The van der Waals surface area contributed by atoms with E-state index >= 15 is 0 Å². The highest BCUT2D eigenvalue weighted by Crippen LogP contribution is 2.38. The summed E-state index contributed by atoms with van der Waals surface area (Å²) in [7, 11) is 1.14. The van der Waals surface area contributed by atoms with Gasteiger partial charge in [-0.1, -0.05) is 41.2 Å². The van der Waals surface area contributed by atoms with Gasteiger partial charge in [0.2, 0.25) is 0 Å². The number of hydrogen-bond acceptors (Lipinski definition) is 3. The van der Waals surface area contributed by atoms with Gasteiger partial charge in [0, 0.05) is 17.2 Å². The van der Waals surface area contributed by atoms with Crippen molar-refractivity contribution in [2.24, 2.45) is 5.92 Å². The molecule has 9 heteroatoms. The second-order valence-corrected chi connectivity index (χ2v) is 8.50. The van der Waals surface area contributed by atoms with Crippen molar-refractivity contribution in [3.05, 3.63) is 26.7 Å². The number of rotatable bonds is 4. The van der Waals surface area contributed by atoms with Gasteiger partial charge in [0.05, 0.1) is 20.6 Å². The Bertz CT molecular complexity index is 686. The van der Waals surface area contributed by atoms with Crippen molar-refractivity contribution in [1.29, 1.82) is 0 Å². The lowest BCUT2D eigenvalue weighted by atomic mass is 9.85. The Kier molecular flexibility index (Phi) is 5.31. The van der Waals surface area contributed by atoms with E-state index in [9.17, 15) is 13.2 Å². The number of hydrogen-bond donors (Lipinski definition) is 1. The molecule has 2 rings (SSSR count). The number of benzene rings is 1. The maximum absolute atomic E-state index is 12.2. The molecule has 0 aromatic heterocycles. The van der Waals surface area contributed by atoms with E-state index in [2.05, 4.69) is 5.32 Å². The summed E-state index contributed by atoms with van der Waals surface area (Å²) in [6, 6.07) is 1.03. The van der Waals surface area contributed by atoms with Gasteiger partial charge >= 0.3 is 0 Å². The third-order valence-electron chi connectivity index (χ3n) is 3.39. The SMILES string of the molecule is O=C(NCC1CCC1)c1c(Cl)c(Cl)cc(S(=O)(=O)Cl)c1Cl. The van der Waals surface area contributed by atoms with Gasteiger partial charge in [-0.2, -0.15) is 0 Å². The predicted molar refractivity (Wildman–Crippen MR) is 84.2 cm³/mol. The Labute approximate surface area is 142 Å². The molecule has 1 amide bonds. The minimum Gasteiger partial charge on any atom is -0.352 e. The van der Waals surface area contributed by atoms with E-state index in [1.165, 1.54) is 0 Å². The van der Waals surface area contributed by atoms with Crippen molar-refractivity contribution in [3.63, 3.8) is 0 Å². The fraction of sp³-hybridized carbons (Fsp3) is 0.417. The number of halogens is 4. The summed E-state index contributed by atoms with van der Waals surface area (Å²) in [6.07, 6.45) is 3.26. The topological polar surface area (TPSA) is 63.2 Å². The molecule has 1 N–H and O–H groups in total. The Balaban J connectivity index is 2.36. The van der Waals surface area contributed by atoms with E-state index in [-0.39, 0.29) is 20.6 Å². The first kappa shape index (κ1) is 17.2. The van der Waals surface area contributed by atoms with Crippen LogP contribution in [0.15, 0.2) is 11.0 Å². The highest BCUT2D eigenvalue weighted by atomic mass is 35.7. The average Bonchev–Trinajstić information content (AvgIpc) is 2.30. The van der Waals surface area contributed by atoms with Crippen molar-refractivity contribution >= 4 is 60.4 Å². The molecule has 1 saturated carbocycles. The van der Waals surface area contributed by atoms with Crippen molar-refractivity contribution in [2.75, 3.05) is 6.54 Å². The fourth-order valence-corrected chi connectivity index (χ4v) is 4.13. The molecule has 4 nitrogen and oxygen atoms in total. The first-order chi connectivity index (χ1) is 9.71. The quantitative estimate of drug-likeness (QED) is 0.621. The van der Waals surface area contributed by atoms with Crippen LogP contribution in [-0.4, -0.2) is 20.9 Å². The van der Waals surface area contributed by atoms with Crippen LogP contribution in [0.3, 0.4) is 0 Å². The highest BCUT2D eigenvalue weighted by Gasteiger charge is 2.27. The van der Waals surface area contributed by atoms with Gasteiger partial charge in [0.1, 0.15) is 4.90 Å². The smallest absolute Gasteiger partial charge is 0.262 e. The Hall–Kier alpha value is -0.200. The second kappa shape index (κ2) is 6.50. The van der Waals surface area contributed by atoms with E-state index in [1.54, 1.807) is 0 Å². The molecule has 0 bridgehead atoms. The molecule has 0 heterocycles. The van der Waals surface area contributed by atoms with Crippen molar-refractivity contribution in [1.82, 2.24) is 5.32 Å². The molecule has 1 fully saturated rings. The molecule has 116 valence electrons. The molecule has 0 spiro atoms. The molecule has 0 radical (unpaired) electrons. The molecule has 1 aromatic rings. The zero-order valence-corrected chi connectivity index (χ0v) is 14.5. The molecule has 1 aliphatic carbocycles. The van der Waals surface area contributed by atoms with Gasteiger partial charge in [-0.15, -0.1) is 0 Å². The second-order valence-electron chi connectivity index (χ2n) is 4.80. The lowest BCUT2D eigenvalue weighted by Gasteiger charge is -2.25. The minimum absolute atomic E-state index is 0.100. The third kappa shape index (κ3) is 3.77. The van der Waals surface area contributed by atoms with Gasteiger partial charge in [-0.3, -0.25) is 4.79 Å². The van der Waals surface area contributed by atoms with Crippen LogP contribution in [0.1, 0.15) is 29.6 Å². The molecular weight excluding hydrogens is 380 g/mol. The van der Waals surface area contributed by atoms with E-state index < -0.39 is 19.9 Å². The van der Waals surface area contributed by atoms with Gasteiger partial charge < -0.3 is 5.32 Å². The lowest BCUT2D eigenvalue weighted by molar-refractivity contribution is 0.0939. The summed E-state index contributed by atoms with van der Waals surface area (Å²) in [6.45, 7) is 0.487. The van der Waals surface area contributed by atoms with E-state index in [1.807, 2.05) is 0 Å². The minimum atomic E-state index is -4.14.